The fourth-order valence-corrected chi connectivity index (χ4v) is 3.36. The maximum atomic E-state index is 12.5. The molecule has 1 aliphatic rings. The summed E-state index contributed by atoms with van der Waals surface area (Å²) < 4.78 is 5.58. The zero-order valence-corrected chi connectivity index (χ0v) is 21.0. The highest BCUT2D eigenvalue weighted by atomic mass is 127. The van der Waals surface area contributed by atoms with Gasteiger partial charge in [-0.3, -0.25) is 9.79 Å². The predicted molar refractivity (Wildman–Crippen MR) is 135 cm³/mol. The van der Waals surface area contributed by atoms with E-state index in [1.165, 1.54) is 17.5 Å². The standard InChI is InChI=1S/C23H38N4O2.HI/c1-3-5-17-29-18-9-15-26-23(24-4-2)25-14-8-12-22(28)27-16-13-20-10-6-7-11-21(20)19-27;/h6-7,10-11H,3-5,8-9,12-19H2,1-2H3,(H2,24,25,26);1H. The average molecular weight is 530 g/mol. The lowest BCUT2D eigenvalue weighted by molar-refractivity contribution is -0.132. The Morgan fingerprint density at radius 3 is 2.63 bits per heavy atom. The Hall–Kier alpha value is -1.35. The maximum Gasteiger partial charge on any atom is 0.222 e. The molecule has 0 atom stereocenters. The molecule has 0 aliphatic carbocycles. The molecular formula is C23H39IN4O2. The molecule has 0 unspecified atom stereocenters. The van der Waals surface area contributed by atoms with Crippen molar-refractivity contribution in [3.05, 3.63) is 35.4 Å². The van der Waals surface area contributed by atoms with E-state index in [1.54, 1.807) is 0 Å². The van der Waals surface area contributed by atoms with Gasteiger partial charge in [0.15, 0.2) is 5.96 Å². The normalized spacial score (nSPS) is 13.4. The number of ether oxygens (including phenoxy) is 1. The van der Waals surface area contributed by atoms with Gasteiger partial charge in [0.2, 0.25) is 5.91 Å². The molecule has 0 aromatic heterocycles. The number of guanidine groups is 1. The molecule has 1 amide bonds. The Labute approximate surface area is 199 Å². The summed E-state index contributed by atoms with van der Waals surface area (Å²) in [7, 11) is 0. The van der Waals surface area contributed by atoms with Crippen molar-refractivity contribution in [2.75, 3.05) is 39.4 Å². The molecule has 1 aromatic rings. The zero-order valence-electron chi connectivity index (χ0n) is 18.6. The Balaban J connectivity index is 0.00000450. The maximum absolute atomic E-state index is 12.5. The van der Waals surface area contributed by atoms with Gasteiger partial charge in [-0.05, 0) is 43.7 Å². The van der Waals surface area contributed by atoms with Gasteiger partial charge in [0.1, 0.15) is 0 Å². The molecular weight excluding hydrogens is 491 g/mol. The molecule has 7 heteroatoms. The molecule has 0 saturated heterocycles. The number of rotatable bonds is 12. The van der Waals surface area contributed by atoms with Crippen LogP contribution < -0.4 is 10.6 Å². The van der Waals surface area contributed by atoms with Gasteiger partial charge in [-0.1, -0.05) is 37.6 Å². The van der Waals surface area contributed by atoms with E-state index < -0.39 is 0 Å². The van der Waals surface area contributed by atoms with Crippen LogP contribution in [0.2, 0.25) is 0 Å². The highest BCUT2D eigenvalue weighted by Crippen LogP contribution is 2.19. The van der Waals surface area contributed by atoms with E-state index >= 15 is 0 Å². The average Bonchev–Trinajstić information content (AvgIpc) is 2.75. The van der Waals surface area contributed by atoms with E-state index in [2.05, 4.69) is 47.7 Å². The summed E-state index contributed by atoms with van der Waals surface area (Å²) in [6.45, 7) is 9.73. The number of fused-ring (bicyclic) bond motifs is 1. The Morgan fingerprint density at radius 2 is 1.87 bits per heavy atom. The van der Waals surface area contributed by atoms with Gasteiger partial charge in [0.25, 0.3) is 0 Å². The molecule has 1 aliphatic heterocycles. The third-order valence-electron chi connectivity index (χ3n) is 5.05. The van der Waals surface area contributed by atoms with Crippen molar-refractivity contribution in [1.29, 1.82) is 0 Å². The van der Waals surface area contributed by atoms with Gasteiger partial charge >= 0.3 is 0 Å². The van der Waals surface area contributed by atoms with E-state index in [1.807, 2.05) is 11.0 Å². The summed E-state index contributed by atoms with van der Waals surface area (Å²) in [5, 5.41) is 6.60. The topological polar surface area (TPSA) is 66.0 Å². The Bertz CT molecular complexity index is 639. The van der Waals surface area contributed by atoms with Crippen LogP contribution in [0.25, 0.3) is 0 Å². The van der Waals surface area contributed by atoms with E-state index in [9.17, 15) is 4.79 Å². The summed E-state index contributed by atoms with van der Waals surface area (Å²) in [5.74, 6) is 1.05. The van der Waals surface area contributed by atoms with Gasteiger partial charge < -0.3 is 20.3 Å². The fourth-order valence-electron chi connectivity index (χ4n) is 3.36. The van der Waals surface area contributed by atoms with E-state index in [-0.39, 0.29) is 29.9 Å². The predicted octanol–water partition coefficient (Wildman–Crippen LogP) is 3.73. The van der Waals surface area contributed by atoms with E-state index in [4.69, 9.17) is 4.74 Å². The lowest BCUT2D eigenvalue weighted by Crippen LogP contribution is -2.38. The second kappa shape index (κ2) is 16.4. The molecule has 6 nitrogen and oxygen atoms in total. The first-order valence-electron chi connectivity index (χ1n) is 11.2. The van der Waals surface area contributed by atoms with Crippen LogP contribution in [0.1, 0.15) is 57.1 Å². The number of hydrogen-bond acceptors (Lipinski definition) is 3. The van der Waals surface area contributed by atoms with Crippen molar-refractivity contribution >= 4 is 35.8 Å². The van der Waals surface area contributed by atoms with Crippen molar-refractivity contribution in [2.45, 2.75) is 58.9 Å². The highest BCUT2D eigenvalue weighted by molar-refractivity contribution is 14.0. The summed E-state index contributed by atoms with van der Waals surface area (Å²) >= 11 is 0. The van der Waals surface area contributed by atoms with Crippen molar-refractivity contribution < 1.29 is 9.53 Å². The molecule has 0 fully saturated rings. The minimum atomic E-state index is 0. The molecule has 0 spiro atoms. The summed E-state index contributed by atoms with van der Waals surface area (Å²) in [5.41, 5.74) is 2.65. The summed E-state index contributed by atoms with van der Waals surface area (Å²) in [6, 6.07) is 8.42. The Kier molecular flexibility index (Phi) is 14.5. The number of amides is 1. The lowest BCUT2D eigenvalue weighted by Gasteiger charge is -2.28. The molecule has 2 N–H and O–H groups in total. The molecule has 1 heterocycles. The SMILES string of the molecule is CCCCOCCCNC(=NCCCC(=O)N1CCc2ccccc2C1)NCC.I. The van der Waals surface area contributed by atoms with Crippen molar-refractivity contribution in [2.24, 2.45) is 4.99 Å². The number of carbonyl (C=O) groups is 1. The number of aliphatic imine (C=N–C) groups is 1. The van der Waals surface area contributed by atoms with E-state index in [0.717, 1.165) is 71.0 Å². The minimum absolute atomic E-state index is 0. The van der Waals surface area contributed by atoms with Crippen LogP contribution in [0.15, 0.2) is 29.3 Å². The summed E-state index contributed by atoms with van der Waals surface area (Å²) in [4.78, 5) is 19.1. The first-order valence-corrected chi connectivity index (χ1v) is 11.2. The molecule has 2 rings (SSSR count). The second-order valence-corrected chi connectivity index (χ2v) is 7.44. The van der Waals surface area contributed by atoms with Crippen molar-refractivity contribution in [3.8, 4) is 0 Å². The third kappa shape index (κ3) is 10.1. The second-order valence-electron chi connectivity index (χ2n) is 7.44. The fraction of sp³-hybridized carbons (Fsp3) is 0.652. The molecule has 0 radical (unpaired) electrons. The van der Waals surface area contributed by atoms with Crippen molar-refractivity contribution in [1.82, 2.24) is 15.5 Å². The Morgan fingerprint density at radius 1 is 1.10 bits per heavy atom. The van der Waals surface area contributed by atoms with Crippen LogP contribution in [-0.4, -0.2) is 56.2 Å². The minimum Gasteiger partial charge on any atom is -0.381 e. The number of benzene rings is 1. The molecule has 1 aromatic carbocycles. The van der Waals surface area contributed by atoms with Crippen LogP contribution in [0, 0.1) is 0 Å². The monoisotopic (exact) mass is 530 g/mol. The van der Waals surface area contributed by atoms with E-state index in [0.29, 0.717) is 13.0 Å². The number of halogens is 1. The zero-order chi connectivity index (χ0) is 20.7. The number of nitrogens with zero attached hydrogens (tertiary/aromatic N) is 2. The van der Waals surface area contributed by atoms with Gasteiger partial charge in [-0.15, -0.1) is 24.0 Å². The summed E-state index contributed by atoms with van der Waals surface area (Å²) in [6.07, 6.45) is 5.53. The van der Waals surface area contributed by atoms with Gasteiger partial charge in [0.05, 0.1) is 0 Å². The van der Waals surface area contributed by atoms with Crippen molar-refractivity contribution in [3.63, 3.8) is 0 Å². The van der Waals surface area contributed by atoms with Gasteiger partial charge in [0, 0.05) is 52.4 Å². The van der Waals surface area contributed by atoms with Crippen LogP contribution in [0.3, 0.4) is 0 Å². The molecule has 0 bridgehead atoms. The first kappa shape index (κ1) is 26.7. The first-order chi connectivity index (χ1) is 14.2. The number of nitrogens with one attached hydrogen (secondary N) is 2. The number of hydrogen-bond donors (Lipinski definition) is 2. The smallest absolute Gasteiger partial charge is 0.222 e. The third-order valence-corrected chi connectivity index (χ3v) is 5.05. The highest BCUT2D eigenvalue weighted by Gasteiger charge is 2.19. The quantitative estimate of drug-likeness (QED) is 0.187. The molecule has 170 valence electrons. The lowest BCUT2D eigenvalue weighted by atomic mass is 9.99. The number of carbonyl (C=O) groups excluding carboxylic acids is 1. The van der Waals surface area contributed by atoms with Crippen LogP contribution in [-0.2, 0) is 22.5 Å². The van der Waals surface area contributed by atoms with Crippen LogP contribution in [0.4, 0.5) is 0 Å². The van der Waals surface area contributed by atoms with Gasteiger partial charge in [-0.25, -0.2) is 0 Å². The van der Waals surface area contributed by atoms with Crippen LogP contribution in [0.5, 0.6) is 0 Å². The largest absolute Gasteiger partial charge is 0.381 e. The molecule has 0 saturated carbocycles. The van der Waals surface area contributed by atoms with Crippen LogP contribution >= 0.6 is 24.0 Å². The molecule has 30 heavy (non-hydrogen) atoms. The number of unbranched alkanes of at least 4 members (excludes halogenated alkanes) is 1. The van der Waals surface area contributed by atoms with Gasteiger partial charge in [-0.2, -0.15) is 0 Å².